The molecule has 0 unspecified atom stereocenters. The van der Waals surface area contributed by atoms with Crippen LogP contribution in [0.5, 0.6) is 0 Å². The Morgan fingerprint density at radius 2 is 2.04 bits per heavy atom. The first kappa shape index (κ1) is 14.7. The predicted octanol–water partition coefficient (Wildman–Crippen LogP) is 3.94. The molecule has 6 heteroatoms. The molecular formula is C17H21F2N4. The van der Waals surface area contributed by atoms with Crippen molar-refractivity contribution in [1.29, 1.82) is 0 Å². The summed E-state index contributed by atoms with van der Waals surface area (Å²) < 4.78 is 28.6. The Morgan fingerprint density at radius 1 is 1.26 bits per heavy atom. The first-order valence-electron chi connectivity index (χ1n) is 8.22. The summed E-state index contributed by atoms with van der Waals surface area (Å²) in [5, 5.41) is 0. The molecule has 4 nitrogen and oxygen atoms in total. The van der Waals surface area contributed by atoms with Crippen molar-refractivity contribution < 1.29 is 8.78 Å². The summed E-state index contributed by atoms with van der Waals surface area (Å²) in [6.45, 7) is 5.81. The number of rotatable bonds is 3. The lowest BCUT2D eigenvalue weighted by molar-refractivity contribution is 0.136. The van der Waals surface area contributed by atoms with Crippen molar-refractivity contribution in [3.05, 3.63) is 24.9 Å². The zero-order valence-corrected chi connectivity index (χ0v) is 13.0. The minimum absolute atomic E-state index is 0.127. The number of aromatic nitrogens is 2. The van der Waals surface area contributed by atoms with Gasteiger partial charge in [0, 0.05) is 19.1 Å². The number of imidazole rings is 1. The van der Waals surface area contributed by atoms with E-state index in [1.807, 2.05) is 12.1 Å². The highest BCUT2D eigenvalue weighted by molar-refractivity contribution is 5.96. The van der Waals surface area contributed by atoms with Gasteiger partial charge in [-0.3, -0.25) is 0 Å². The molecule has 1 aliphatic heterocycles. The summed E-state index contributed by atoms with van der Waals surface area (Å²) in [6.07, 6.45) is 1.43. The molecule has 1 atom stereocenters. The summed E-state index contributed by atoms with van der Waals surface area (Å²) >= 11 is 0. The van der Waals surface area contributed by atoms with E-state index in [0.717, 1.165) is 50.0 Å². The van der Waals surface area contributed by atoms with Gasteiger partial charge in [0.25, 0.3) is 6.43 Å². The maximum Gasteiger partial charge on any atom is 0.295 e. The Morgan fingerprint density at radius 3 is 2.70 bits per heavy atom. The average Bonchev–Trinajstić information content (AvgIpc) is 3.27. The number of fused-ring (bicyclic) bond motifs is 1. The van der Waals surface area contributed by atoms with Crippen LogP contribution >= 0.6 is 0 Å². The lowest BCUT2D eigenvalue weighted by Crippen LogP contribution is -2.35. The van der Waals surface area contributed by atoms with Crippen molar-refractivity contribution in [3.63, 3.8) is 0 Å². The van der Waals surface area contributed by atoms with E-state index in [2.05, 4.69) is 16.8 Å². The van der Waals surface area contributed by atoms with E-state index in [-0.39, 0.29) is 11.9 Å². The first-order chi connectivity index (χ1) is 11.1. The molecule has 2 fully saturated rings. The molecule has 2 heterocycles. The molecule has 1 radical (unpaired) electrons. The topological polar surface area (TPSA) is 47.1 Å². The predicted molar refractivity (Wildman–Crippen MR) is 87.7 cm³/mol. The van der Waals surface area contributed by atoms with Gasteiger partial charge in [0.1, 0.15) is 5.52 Å². The van der Waals surface area contributed by atoms with Gasteiger partial charge in [0.15, 0.2) is 5.82 Å². The number of nitrogens with two attached hydrogens (primary N) is 1. The van der Waals surface area contributed by atoms with Gasteiger partial charge in [-0.1, -0.05) is 0 Å². The van der Waals surface area contributed by atoms with Crippen LogP contribution in [0.3, 0.4) is 0 Å². The fourth-order valence-electron chi connectivity index (χ4n) is 3.65. The normalized spacial score (nSPS) is 22.3. The second-order valence-corrected chi connectivity index (χ2v) is 6.70. The van der Waals surface area contributed by atoms with E-state index in [1.165, 1.54) is 0 Å². The van der Waals surface area contributed by atoms with Crippen LogP contribution in [-0.4, -0.2) is 22.6 Å². The molecule has 2 aromatic rings. The maximum absolute atomic E-state index is 13.5. The van der Waals surface area contributed by atoms with Crippen LogP contribution in [0.1, 0.15) is 44.0 Å². The van der Waals surface area contributed by atoms with E-state index in [9.17, 15) is 8.78 Å². The van der Waals surface area contributed by atoms with Crippen molar-refractivity contribution >= 4 is 22.4 Å². The van der Waals surface area contributed by atoms with Crippen LogP contribution in [0.25, 0.3) is 11.0 Å². The molecule has 0 spiro atoms. The molecule has 4 rings (SSSR count). The van der Waals surface area contributed by atoms with Gasteiger partial charge < -0.3 is 15.2 Å². The van der Waals surface area contributed by atoms with Crippen LogP contribution < -0.4 is 10.6 Å². The van der Waals surface area contributed by atoms with Crippen LogP contribution in [0.4, 0.5) is 20.2 Å². The molecule has 0 amide bonds. The van der Waals surface area contributed by atoms with Crippen LogP contribution in [-0.2, 0) is 0 Å². The Balaban J connectivity index is 1.89. The third kappa shape index (κ3) is 2.44. The third-order valence-electron chi connectivity index (χ3n) is 4.84. The molecule has 1 saturated heterocycles. The minimum atomic E-state index is -2.57. The lowest BCUT2D eigenvalue weighted by Gasteiger charge is -2.33. The molecule has 1 aromatic heterocycles. The van der Waals surface area contributed by atoms with Gasteiger partial charge in [0.05, 0.1) is 16.9 Å². The summed E-state index contributed by atoms with van der Waals surface area (Å²) in [5.74, 6) is 0.205. The smallest absolute Gasteiger partial charge is 0.295 e. The number of nitrogens with zero attached hydrogens (tertiary/aromatic N) is 3. The van der Waals surface area contributed by atoms with E-state index >= 15 is 0 Å². The number of hydrogen-bond donors (Lipinski definition) is 1. The van der Waals surface area contributed by atoms with Crippen molar-refractivity contribution in [1.82, 2.24) is 9.55 Å². The second-order valence-electron chi connectivity index (χ2n) is 6.70. The Hall–Kier alpha value is -1.85. The van der Waals surface area contributed by atoms with Gasteiger partial charge in [-0.05, 0) is 50.7 Å². The number of benzene rings is 1. The highest BCUT2D eigenvalue weighted by Crippen LogP contribution is 2.44. The molecule has 2 N–H and O–H groups in total. The molecule has 1 aliphatic carbocycles. The summed E-state index contributed by atoms with van der Waals surface area (Å²) in [7, 11) is 0. The fraction of sp³-hybridized carbons (Fsp3) is 0.529. The van der Waals surface area contributed by atoms with Crippen molar-refractivity contribution in [2.24, 2.45) is 5.92 Å². The van der Waals surface area contributed by atoms with E-state index < -0.39 is 6.43 Å². The zero-order chi connectivity index (χ0) is 16.1. The minimum Gasteiger partial charge on any atom is -0.397 e. The fourth-order valence-corrected chi connectivity index (χ4v) is 3.65. The first-order valence-corrected chi connectivity index (χ1v) is 8.22. The summed E-state index contributed by atoms with van der Waals surface area (Å²) in [5.41, 5.74) is 8.99. The lowest BCUT2D eigenvalue weighted by atomic mass is 9.99. The van der Waals surface area contributed by atoms with Crippen LogP contribution in [0.15, 0.2) is 12.1 Å². The van der Waals surface area contributed by atoms with Gasteiger partial charge in [-0.25, -0.2) is 13.8 Å². The summed E-state index contributed by atoms with van der Waals surface area (Å²) in [4.78, 5) is 6.47. The summed E-state index contributed by atoms with van der Waals surface area (Å²) in [6, 6.07) is 3.80. The quantitative estimate of drug-likeness (QED) is 0.872. The van der Waals surface area contributed by atoms with E-state index in [1.54, 1.807) is 4.57 Å². The molecule has 2 aliphatic rings. The highest BCUT2D eigenvalue weighted by atomic mass is 19.3. The number of halogens is 2. The SMILES string of the molecule is [CH2][C@@H]1CCCN(c2c(N)ccc3c2nc(C(F)F)n3C2CC2)C1. The van der Waals surface area contributed by atoms with Crippen molar-refractivity contribution in [2.75, 3.05) is 23.7 Å². The van der Waals surface area contributed by atoms with Gasteiger partial charge in [-0.15, -0.1) is 0 Å². The zero-order valence-electron chi connectivity index (χ0n) is 13.0. The Kier molecular flexibility index (Phi) is 3.43. The maximum atomic E-state index is 13.5. The van der Waals surface area contributed by atoms with Crippen LogP contribution in [0.2, 0.25) is 0 Å². The number of alkyl halides is 2. The van der Waals surface area contributed by atoms with Gasteiger partial charge in [0.2, 0.25) is 0 Å². The number of anilines is 2. The molecule has 23 heavy (non-hydrogen) atoms. The monoisotopic (exact) mass is 319 g/mol. The van der Waals surface area contributed by atoms with Crippen molar-refractivity contribution in [3.8, 4) is 0 Å². The average molecular weight is 319 g/mol. The molecule has 0 bridgehead atoms. The number of piperidine rings is 1. The van der Waals surface area contributed by atoms with Gasteiger partial charge >= 0.3 is 0 Å². The molecular weight excluding hydrogens is 298 g/mol. The highest BCUT2D eigenvalue weighted by Gasteiger charge is 2.33. The van der Waals surface area contributed by atoms with E-state index in [4.69, 9.17) is 5.73 Å². The van der Waals surface area contributed by atoms with Crippen molar-refractivity contribution in [2.45, 2.75) is 38.2 Å². The number of hydrogen-bond acceptors (Lipinski definition) is 3. The standard InChI is InChI=1S/C17H21F2N4/c1-10-3-2-8-22(9-10)15-12(20)6-7-13-14(15)21-17(16(18)19)23(13)11-4-5-11/h6-7,10-11,16H,1-5,8-9,20H2/t10-/m1/s1. The third-order valence-corrected chi connectivity index (χ3v) is 4.84. The number of nitrogen functional groups attached to an aromatic ring is 1. The molecule has 1 aromatic carbocycles. The second kappa shape index (κ2) is 5.35. The largest absolute Gasteiger partial charge is 0.397 e. The molecule has 1 saturated carbocycles. The van der Waals surface area contributed by atoms with Gasteiger partial charge in [-0.2, -0.15) is 0 Å². The Labute approximate surface area is 134 Å². The molecule has 123 valence electrons. The van der Waals surface area contributed by atoms with Crippen LogP contribution in [0, 0.1) is 12.8 Å². The Bertz CT molecular complexity index is 736. The van der Waals surface area contributed by atoms with E-state index in [0.29, 0.717) is 17.1 Å².